The lowest BCUT2D eigenvalue weighted by Gasteiger charge is -2.25. The van der Waals surface area contributed by atoms with E-state index in [1.54, 1.807) is 0 Å². The summed E-state index contributed by atoms with van der Waals surface area (Å²) in [6, 6.07) is 4.26. The van der Waals surface area contributed by atoms with Crippen molar-refractivity contribution < 1.29 is 4.39 Å². The Labute approximate surface area is 103 Å². The molecule has 2 N–H and O–H groups in total. The largest absolute Gasteiger partial charge is 0.328 e. The van der Waals surface area contributed by atoms with Crippen molar-refractivity contribution in [2.24, 2.45) is 11.7 Å². The van der Waals surface area contributed by atoms with Gasteiger partial charge >= 0.3 is 0 Å². The van der Waals surface area contributed by atoms with Crippen LogP contribution in [0, 0.1) is 26.7 Å². The zero-order chi connectivity index (χ0) is 12.6. The van der Waals surface area contributed by atoms with E-state index >= 15 is 0 Å². The monoisotopic (exact) mass is 235 g/mol. The van der Waals surface area contributed by atoms with Crippen LogP contribution >= 0.6 is 0 Å². The van der Waals surface area contributed by atoms with E-state index in [0.717, 1.165) is 18.4 Å². The normalized spacial score (nSPS) is 19.1. The second-order valence-corrected chi connectivity index (χ2v) is 5.57. The third-order valence-electron chi connectivity index (χ3n) is 3.96. The van der Waals surface area contributed by atoms with Crippen LogP contribution in [0.15, 0.2) is 12.1 Å². The lowest BCUT2D eigenvalue weighted by Crippen LogP contribution is -2.38. The fraction of sp³-hybridized carbons (Fsp3) is 0.600. The molecule has 0 aromatic heterocycles. The first-order valence-corrected chi connectivity index (χ1v) is 6.42. The van der Waals surface area contributed by atoms with Crippen molar-refractivity contribution in [1.29, 1.82) is 0 Å². The van der Waals surface area contributed by atoms with Crippen LogP contribution in [0.1, 0.15) is 35.1 Å². The molecule has 1 saturated carbocycles. The van der Waals surface area contributed by atoms with Crippen LogP contribution in [0.3, 0.4) is 0 Å². The van der Waals surface area contributed by atoms with Gasteiger partial charge in [0.25, 0.3) is 0 Å². The van der Waals surface area contributed by atoms with E-state index in [0.29, 0.717) is 6.42 Å². The first-order valence-electron chi connectivity index (χ1n) is 6.42. The zero-order valence-corrected chi connectivity index (χ0v) is 11.0. The van der Waals surface area contributed by atoms with Crippen molar-refractivity contribution in [1.82, 2.24) is 0 Å². The fourth-order valence-electron chi connectivity index (χ4n) is 2.77. The van der Waals surface area contributed by atoms with Gasteiger partial charge in [0.15, 0.2) is 0 Å². The molecule has 2 rings (SSSR count). The molecule has 0 aliphatic heterocycles. The second kappa shape index (κ2) is 4.41. The van der Waals surface area contributed by atoms with E-state index in [2.05, 4.69) is 32.9 Å². The first kappa shape index (κ1) is 12.6. The van der Waals surface area contributed by atoms with Crippen molar-refractivity contribution in [2.45, 2.75) is 45.7 Å². The van der Waals surface area contributed by atoms with Crippen LogP contribution in [0.2, 0.25) is 0 Å². The highest BCUT2D eigenvalue weighted by Gasteiger charge is 2.45. The Hall–Kier alpha value is -0.890. The first-order chi connectivity index (χ1) is 7.96. The van der Waals surface area contributed by atoms with Gasteiger partial charge in [0.05, 0.1) is 0 Å². The summed E-state index contributed by atoms with van der Waals surface area (Å²) in [5, 5.41) is 0. The Kier molecular flexibility index (Phi) is 3.26. The molecule has 1 aliphatic rings. The molecule has 1 aliphatic carbocycles. The smallest absolute Gasteiger partial charge is 0.130 e. The van der Waals surface area contributed by atoms with E-state index in [-0.39, 0.29) is 12.5 Å². The Morgan fingerprint density at radius 2 is 1.76 bits per heavy atom. The summed E-state index contributed by atoms with van der Waals surface area (Å²) >= 11 is 0. The van der Waals surface area contributed by atoms with Crippen LogP contribution in [0.5, 0.6) is 0 Å². The van der Waals surface area contributed by atoms with Gasteiger partial charge in [0, 0.05) is 13.0 Å². The van der Waals surface area contributed by atoms with Crippen molar-refractivity contribution in [2.75, 3.05) is 6.54 Å². The van der Waals surface area contributed by atoms with Gasteiger partial charge in [-0.2, -0.15) is 0 Å². The number of rotatable bonds is 4. The van der Waals surface area contributed by atoms with Gasteiger partial charge in [-0.3, -0.25) is 0 Å². The minimum atomic E-state index is -1.19. The van der Waals surface area contributed by atoms with Crippen LogP contribution in [-0.4, -0.2) is 12.2 Å². The topological polar surface area (TPSA) is 26.0 Å². The molecule has 1 aromatic carbocycles. The minimum absolute atomic E-state index is 0.143. The highest BCUT2D eigenvalue weighted by Crippen LogP contribution is 2.44. The number of alkyl halides is 1. The van der Waals surface area contributed by atoms with Gasteiger partial charge in [-0.05, 0) is 56.2 Å². The molecule has 94 valence electrons. The van der Waals surface area contributed by atoms with Gasteiger partial charge < -0.3 is 5.73 Å². The summed E-state index contributed by atoms with van der Waals surface area (Å²) in [6.07, 6.45) is 2.47. The average molecular weight is 235 g/mol. The molecule has 1 aromatic rings. The molecule has 0 heterocycles. The summed E-state index contributed by atoms with van der Waals surface area (Å²) in [4.78, 5) is 0. The SMILES string of the molecule is Cc1cc(C)c(CC(F)(CN)C2CC2)c(C)c1. The third kappa shape index (κ3) is 2.52. The maximum atomic E-state index is 14.7. The van der Waals surface area contributed by atoms with Crippen LogP contribution in [-0.2, 0) is 6.42 Å². The van der Waals surface area contributed by atoms with Gasteiger partial charge in [-0.1, -0.05) is 17.7 Å². The summed E-state index contributed by atoms with van der Waals surface area (Å²) < 4.78 is 14.7. The van der Waals surface area contributed by atoms with Crippen molar-refractivity contribution >= 4 is 0 Å². The predicted octanol–water partition coefficient (Wildman–Crippen LogP) is 3.23. The molecule has 2 heteroatoms. The van der Waals surface area contributed by atoms with Gasteiger partial charge in [-0.15, -0.1) is 0 Å². The second-order valence-electron chi connectivity index (χ2n) is 5.57. The lowest BCUT2D eigenvalue weighted by atomic mass is 9.86. The quantitative estimate of drug-likeness (QED) is 0.852. The summed E-state index contributed by atoms with van der Waals surface area (Å²) in [6.45, 7) is 6.36. The highest BCUT2D eigenvalue weighted by molar-refractivity contribution is 5.38. The fourth-order valence-corrected chi connectivity index (χ4v) is 2.77. The number of hydrogen-bond donors (Lipinski definition) is 1. The molecule has 1 atom stereocenters. The molecular weight excluding hydrogens is 213 g/mol. The van der Waals surface area contributed by atoms with Crippen molar-refractivity contribution in [3.8, 4) is 0 Å². The molecule has 1 fully saturated rings. The highest BCUT2D eigenvalue weighted by atomic mass is 19.1. The van der Waals surface area contributed by atoms with Crippen molar-refractivity contribution in [3.05, 3.63) is 34.4 Å². The number of halogens is 1. The number of nitrogens with two attached hydrogens (primary N) is 1. The average Bonchev–Trinajstić information content (AvgIpc) is 3.07. The summed E-state index contributed by atoms with van der Waals surface area (Å²) in [5.74, 6) is 0.188. The molecule has 0 bridgehead atoms. The third-order valence-corrected chi connectivity index (χ3v) is 3.96. The minimum Gasteiger partial charge on any atom is -0.328 e. The van der Waals surface area contributed by atoms with Gasteiger partial charge in [-0.25, -0.2) is 4.39 Å². The molecule has 0 spiro atoms. The van der Waals surface area contributed by atoms with Crippen molar-refractivity contribution in [3.63, 3.8) is 0 Å². The van der Waals surface area contributed by atoms with E-state index in [1.165, 1.54) is 16.7 Å². The molecular formula is C15H22FN. The maximum Gasteiger partial charge on any atom is 0.130 e. The Morgan fingerprint density at radius 1 is 1.24 bits per heavy atom. The molecule has 1 nitrogen and oxygen atoms in total. The van der Waals surface area contributed by atoms with Gasteiger partial charge in [0.2, 0.25) is 0 Å². The molecule has 0 radical (unpaired) electrons. The Bertz CT molecular complexity index is 400. The maximum absolute atomic E-state index is 14.7. The zero-order valence-electron chi connectivity index (χ0n) is 11.0. The van der Waals surface area contributed by atoms with E-state index in [4.69, 9.17) is 5.73 Å². The number of aryl methyl sites for hydroxylation is 3. The Balaban J connectivity index is 2.28. The summed E-state index contributed by atoms with van der Waals surface area (Å²) in [7, 11) is 0. The van der Waals surface area contributed by atoms with Crippen LogP contribution < -0.4 is 5.73 Å². The molecule has 17 heavy (non-hydrogen) atoms. The van der Waals surface area contributed by atoms with E-state index < -0.39 is 5.67 Å². The summed E-state index contributed by atoms with van der Waals surface area (Å²) in [5.41, 5.74) is 9.24. The van der Waals surface area contributed by atoms with Crippen LogP contribution in [0.4, 0.5) is 4.39 Å². The number of benzene rings is 1. The molecule has 0 saturated heterocycles. The molecule has 0 amide bonds. The van der Waals surface area contributed by atoms with Gasteiger partial charge in [0.1, 0.15) is 5.67 Å². The Morgan fingerprint density at radius 3 is 2.18 bits per heavy atom. The number of hydrogen-bond acceptors (Lipinski definition) is 1. The van der Waals surface area contributed by atoms with Crippen LogP contribution in [0.25, 0.3) is 0 Å². The molecule has 1 unspecified atom stereocenters. The lowest BCUT2D eigenvalue weighted by molar-refractivity contribution is 0.142. The predicted molar refractivity (Wildman–Crippen MR) is 70.0 cm³/mol. The van der Waals surface area contributed by atoms with E-state index in [9.17, 15) is 4.39 Å². The van der Waals surface area contributed by atoms with E-state index in [1.807, 2.05) is 0 Å². The standard InChI is InChI=1S/C15H22FN/c1-10-6-11(2)14(12(3)7-10)8-15(16,9-17)13-4-5-13/h6-7,13H,4-5,8-9,17H2,1-3H3.